The topological polar surface area (TPSA) is 54.5 Å². The maximum Gasteiger partial charge on any atom is 0.416 e. The van der Waals surface area contributed by atoms with Gasteiger partial charge in [-0.1, -0.05) is 29.8 Å². The third-order valence-corrected chi connectivity index (χ3v) is 6.54. The van der Waals surface area contributed by atoms with Gasteiger partial charge in [-0.2, -0.15) is 13.2 Å². The second-order valence-electron chi connectivity index (χ2n) is 8.73. The van der Waals surface area contributed by atoms with Gasteiger partial charge in [-0.15, -0.1) is 0 Å². The highest BCUT2D eigenvalue weighted by Gasteiger charge is 2.30. The van der Waals surface area contributed by atoms with Gasteiger partial charge < -0.3 is 10.1 Å². The molecule has 1 saturated heterocycles. The average Bonchev–Trinajstić information content (AvgIpc) is 2.88. The van der Waals surface area contributed by atoms with Gasteiger partial charge in [0.15, 0.2) is 0 Å². The molecule has 2 heterocycles. The van der Waals surface area contributed by atoms with Crippen LogP contribution in [0.5, 0.6) is 5.75 Å². The van der Waals surface area contributed by atoms with Crippen LogP contribution >= 0.6 is 11.6 Å². The first-order valence-electron chi connectivity index (χ1n) is 11.8. The lowest BCUT2D eigenvalue weighted by Crippen LogP contribution is -2.42. The van der Waals surface area contributed by atoms with Gasteiger partial charge in [0.25, 0.3) is 0 Å². The lowest BCUT2D eigenvalue weighted by molar-refractivity contribution is -0.137. The SMILES string of the molecule is O=C(N[C@H](c1ccc(Cl)cc1)c1ccccn1)C1CCN(CCOc2ccc(C(F)(F)F)cc2)CC1. The number of piperidine rings is 1. The molecule has 1 amide bonds. The molecular formula is C27H27ClF3N3O2. The van der Waals surface area contributed by atoms with Gasteiger partial charge in [-0.25, -0.2) is 0 Å². The summed E-state index contributed by atoms with van der Waals surface area (Å²) in [6, 6.07) is 17.3. The van der Waals surface area contributed by atoms with Crippen LogP contribution in [-0.2, 0) is 11.0 Å². The van der Waals surface area contributed by atoms with E-state index in [9.17, 15) is 18.0 Å². The summed E-state index contributed by atoms with van der Waals surface area (Å²) in [4.78, 5) is 19.8. The molecule has 1 N–H and O–H groups in total. The Balaban J connectivity index is 1.26. The number of nitrogens with zero attached hydrogens (tertiary/aromatic N) is 2. The van der Waals surface area contributed by atoms with Crippen LogP contribution < -0.4 is 10.1 Å². The second kappa shape index (κ2) is 11.8. The molecule has 36 heavy (non-hydrogen) atoms. The van der Waals surface area contributed by atoms with Crippen molar-refractivity contribution in [3.05, 3.63) is 94.8 Å². The first kappa shape index (κ1) is 26.0. The summed E-state index contributed by atoms with van der Waals surface area (Å²) in [5.41, 5.74) is 0.965. The summed E-state index contributed by atoms with van der Waals surface area (Å²) in [5, 5.41) is 3.79. The third kappa shape index (κ3) is 6.98. The summed E-state index contributed by atoms with van der Waals surface area (Å²) in [5.74, 6) is 0.275. The van der Waals surface area contributed by atoms with Crippen molar-refractivity contribution in [1.29, 1.82) is 0 Å². The monoisotopic (exact) mass is 517 g/mol. The number of carbonyl (C=O) groups is 1. The number of halogens is 4. The molecular weight excluding hydrogens is 491 g/mol. The third-order valence-electron chi connectivity index (χ3n) is 6.29. The fourth-order valence-corrected chi connectivity index (χ4v) is 4.37. The van der Waals surface area contributed by atoms with E-state index >= 15 is 0 Å². The Kier molecular flexibility index (Phi) is 8.48. The molecule has 1 aromatic heterocycles. The highest BCUT2D eigenvalue weighted by molar-refractivity contribution is 6.30. The summed E-state index contributed by atoms with van der Waals surface area (Å²) >= 11 is 6.04. The van der Waals surface area contributed by atoms with Gasteiger partial charge >= 0.3 is 6.18 Å². The van der Waals surface area contributed by atoms with Gasteiger partial charge in [0, 0.05) is 23.7 Å². The van der Waals surface area contributed by atoms with E-state index in [0.717, 1.165) is 36.5 Å². The number of carbonyl (C=O) groups excluding carboxylic acids is 1. The van der Waals surface area contributed by atoms with Crippen LogP contribution in [-0.4, -0.2) is 42.0 Å². The van der Waals surface area contributed by atoms with Gasteiger partial charge in [0.05, 0.1) is 17.3 Å². The van der Waals surface area contributed by atoms with Crippen molar-refractivity contribution < 1.29 is 22.7 Å². The molecule has 4 rings (SSSR count). The van der Waals surface area contributed by atoms with Crippen molar-refractivity contribution in [2.24, 2.45) is 5.92 Å². The smallest absolute Gasteiger partial charge is 0.416 e. The van der Waals surface area contributed by atoms with Crippen molar-refractivity contribution >= 4 is 17.5 Å². The minimum absolute atomic E-state index is 0.0127. The number of ether oxygens (including phenoxy) is 1. The molecule has 0 bridgehead atoms. The molecule has 0 spiro atoms. The lowest BCUT2D eigenvalue weighted by Gasteiger charge is -2.32. The normalized spacial score (nSPS) is 15.9. The fraction of sp³-hybridized carbons (Fsp3) is 0.333. The van der Waals surface area contributed by atoms with E-state index in [1.54, 1.807) is 18.3 Å². The molecule has 9 heteroatoms. The van der Waals surface area contributed by atoms with E-state index in [4.69, 9.17) is 16.3 Å². The van der Waals surface area contributed by atoms with E-state index < -0.39 is 11.7 Å². The average molecular weight is 518 g/mol. The van der Waals surface area contributed by atoms with E-state index in [-0.39, 0.29) is 17.9 Å². The quantitative estimate of drug-likeness (QED) is 0.413. The summed E-state index contributed by atoms with van der Waals surface area (Å²) in [6.45, 7) is 2.48. The highest BCUT2D eigenvalue weighted by Crippen LogP contribution is 2.30. The largest absolute Gasteiger partial charge is 0.492 e. The molecule has 5 nitrogen and oxygen atoms in total. The predicted octanol–water partition coefficient (Wildman–Crippen LogP) is 5.75. The molecule has 3 aromatic rings. The van der Waals surface area contributed by atoms with Gasteiger partial charge in [0.2, 0.25) is 5.91 Å². The zero-order valence-corrected chi connectivity index (χ0v) is 20.3. The molecule has 1 atom stereocenters. The number of alkyl halides is 3. The molecule has 0 unspecified atom stereocenters. The molecule has 1 aliphatic rings. The number of amides is 1. The maximum absolute atomic E-state index is 13.1. The first-order valence-corrected chi connectivity index (χ1v) is 12.2. The zero-order valence-electron chi connectivity index (χ0n) is 19.5. The number of benzene rings is 2. The Labute approximate surface area is 213 Å². The van der Waals surface area contributed by atoms with Crippen molar-refractivity contribution in [3.8, 4) is 5.75 Å². The van der Waals surface area contributed by atoms with Crippen LogP contribution in [0, 0.1) is 5.92 Å². The molecule has 1 aliphatic heterocycles. The number of hydrogen-bond donors (Lipinski definition) is 1. The molecule has 0 radical (unpaired) electrons. The molecule has 0 saturated carbocycles. The van der Waals surface area contributed by atoms with Gasteiger partial charge in [-0.05, 0) is 80.0 Å². The Morgan fingerprint density at radius 3 is 2.36 bits per heavy atom. The zero-order chi connectivity index (χ0) is 25.5. The molecule has 190 valence electrons. The Hall–Kier alpha value is -3.10. The molecule has 2 aromatic carbocycles. The molecule has 0 aliphatic carbocycles. The molecule has 1 fully saturated rings. The predicted molar refractivity (Wildman–Crippen MR) is 132 cm³/mol. The first-order chi connectivity index (χ1) is 17.3. The standard InChI is InChI=1S/C27H27ClF3N3O2/c28-22-8-4-19(5-9-22)25(24-3-1-2-14-32-24)33-26(35)20-12-15-34(16-13-20)17-18-36-23-10-6-21(7-11-23)27(29,30)31/h1-11,14,20,25H,12-13,15-18H2,(H,33,35)/t25-/m1/s1. The van der Waals surface area contributed by atoms with Gasteiger partial charge in [-0.3, -0.25) is 14.7 Å². The Bertz CT molecular complexity index is 1120. The lowest BCUT2D eigenvalue weighted by atomic mass is 9.94. The minimum atomic E-state index is -4.36. The number of likely N-dealkylation sites (tertiary alicyclic amines) is 1. The Morgan fingerprint density at radius 2 is 1.75 bits per heavy atom. The van der Waals surface area contributed by atoms with Crippen LogP contribution in [0.15, 0.2) is 72.9 Å². The van der Waals surface area contributed by atoms with E-state index in [1.165, 1.54) is 12.1 Å². The van der Waals surface area contributed by atoms with E-state index in [2.05, 4.69) is 15.2 Å². The van der Waals surface area contributed by atoms with Crippen molar-refractivity contribution in [2.45, 2.75) is 25.1 Å². The summed E-state index contributed by atoms with van der Waals surface area (Å²) in [7, 11) is 0. The minimum Gasteiger partial charge on any atom is -0.492 e. The number of pyridine rings is 1. The number of rotatable bonds is 8. The summed E-state index contributed by atoms with van der Waals surface area (Å²) in [6.07, 6.45) is -1.24. The van der Waals surface area contributed by atoms with Crippen LogP contribution in [0.1, 0.15) is 35.7 Å². The number of aromatic nitrogens is 1. The van der Waals surface area contributed by atoms with E-state index in [0.29, 0.717) is 36.8 Å². The number of nitrogens with one attached hydrogen (secondary N) is 1. The van der Waals surface area contributed by atoms with Crippen LogP contribution in [0.25, 0.3) is 0 Å². The van der Waals surface area contributed by atoms with Crippen molar-refractivity contribution in [3.63, 3.8) is 0 Å². The fourth-order valence-electron chi connectivity index (χ4n) is 4.24. The number of hydrogen-bond acceptors (Lipinski definition) is 4. The van der Waals surface area contributed by atoms with Crippen LogP contribution in [0.2, 0.25) is 5.02 Å². The van der Waals surface area contributed by atoms with Crippen LogP contribution in [0.4, 0.5) is 13.2 Å². The Morgan fingerprint density at radius 1 is 1.06 bits per heavy atom. The summed E-state index contributed by atoms with van der Waals surface area (Å²) < 4.78 is 43.6. The van der Waals surface area contributed by atoms with Crippen molar-refractivity contribution in [2.75, 3.05) is 26.2 Å². The van der Waals surface area contributed by atoms with Crippen LogP contribution in [0.3, 0.4) is 0 Å². The highest BCUT2D eigenvalue weighted by atomic mass is 35.5. The maximum atomic E-state index is 13.1. The van der Waals surface area contributed by atoms with E-state index in [1.807, 2.05) is 30.3 Å². The second-order valence-corrected chi connectivity index (χ2v) is 9.17. The van der Waals surface area contributed by atoms with Gasteiger partial charge in [0.1, 0.15) is 12.4 Å². The van der Waals surface area contributed by atoms with Crippen molar-refractivity contribution in [1.82, 2.24) is 15.2 Å².